The van der Waals surface area contributed by atoms with E-state index >= 15 is 0 Å². The van der Waals surface area contributed by atoms with Crippen LogP contribution in [0.2, 0.25) is 0 Å². The zero-order valence-corrected chi connectivity index (χ0v) is 20.9. The predicted octanol–water partition coefficient (Wildman–Crippen LogP) is 3.05. The van der Waals surface area contributed by atoms with Crippen molar-refractivity contribution < 1.29 is 29.2 Å². The summed E-state index contributed by atoms with van der Waals surface area (Å²) in [5.41, 5.74) is 7.91. The third-order valence-electron chi connectivity index (χ3n) is 6.40. The number of hydrogen-bond acceptors (Lipinski definition) is 9. The van der Waals surface area contributed by atoms with Gasteiger partial charge in [0.15, 0.2) is 23.0 Å². The lowest BCUT2D eigenvalue weighted by Crippen LogP contribution is -2.33. The number of fused-ring (bicyclic) bond motifs is 1. The predicted molar refractivity (Wildman–Crippen MR) is 134 cm³/mol. The van der Waals surface area contributed by atoms with Gasteiger partial charge in [0.2, 0.25) is 11.6 Å². The zero-order valence-electron chi connectivity index (χ0n) is 20.9. The number of aromatic hydroxyl groups is 2. The van der Waals surface area contributed by atoms with Crippen molar-refractivity contribution in [3.05, 3.63) is 80.6 Å². The molecule has 10 heteroatoms. The molecule has 10 nitrogen and oxygen atoms in total. The summed E-state index contributed by atoms with van der Waals surface area (Å²) in [4.78, 5) is 13.9. The van der Waals surface area contributed by atoms with E-state index in [0.29, 0.717) is 34.9 Å². The molecule has 1 aromatic heterocycles. The average molecular weight is 506 g/mol. The molecule has 1 aliphatic rings. The van der Waals surface area contributed by atoms with Crippen molar-refractivity contribution in [3.8, 4) is 40.6 Å². The molecule has 1 aliphatic heterocycles. The smallest absolute Gasteiger partial charge is 0.258 e. The molecule has 0 bridgehead atoms. The molecule has 1 atom stereocenters. The van der Waals surface area contributed by atoms with Gasteiger partial charge in [0.25, 0.3) is 5.56 Å². The second-order valence-corrected chi connectivity index (χ2v) is 8.44. The Hall–Kier alpha value is -4.78. The van der Waals surface area contributed by atoms with Crippen LogP contribution < -0.4 is 30.2 Å². The number of hydrogen-bond donors (Lipinski definition) is 3. The van der Waals surface area contributed by atoms with Crippen molar-refractivity contribution in [2.24, 2.45) is 5.73 Å². The monoisotopic (exact) mass is 505 g/mol. The Labute approximate surface area is 213 Å². The van der Waals surface area contributed by atoms with Crippen molar-refractivity contribution in [2.45, 2.75) is 25.8 Å². The fourth-order valence-electron chi connectivity index (χ4n) is 4.59. The van der Waals surface area contributed by atoms with Gasteiger partial charge in [-0.3, -0.25) is 4.79 Å². The third-order valence-corrected chi connectivity index (χ3v) is 6.40. The molecule has 2 heterocycles. The SMILES string of the molecule is COc1ccc(C2C(C#N)=C(N)Oc3cc(C)n(CCc4ccc(O)c(O)c4)c(=O)c32)c(OC)c1OC. The summed E-state index contributed by atoms with van der Waals surface area (Å²) in [6.07, 6.45) is 0.404. The van der Waals surface area contributed by atoms with Gasteiger partial charge in [-0.2, -0.15) is 5.26 Å². The van der Waals surface area contributed by atoms with Gasteiger partial charge in [0.05, 0.1) is 32.8 Å². The lowest BCUT2D eigenvalue weighted by Gasteiger charge is -2.29. The molecule has 0 amide bonds. The highest BCUT2D eigenvalue weighted by Gasteiger charge is 2.37. The van der Waals surface area contributed by atoms with Crippen LogP contribution in [0.25, 0.3) is 0 Å². The average Bonchev–Trinajstić information content (AvgIpc) is 2.88. The molecular formula is C27H27N3O7. The minimum atomic E-state index is -0.888. The Morgan fingerprint density at radius 2 is 1.78 bits per heavy atom. The van der Waals surface area contributed by atoms with E-state index in [1.54, 1.807) is 35.8 Å². The van der Waals surface area contributed by atoms with Gasteiger partial charge >= 0.3 is 0 Å². The molecule has 3 aromatic rings. The number of ether oxygens (including phenoxy) is 4. The number of nitrogens with two attached hydrogens (primary N) is 1. The topological polar surface area (TPSA) is 149 Å². The van der Waals surface area contributed by atoms with E-state index in [9.17, 15) is 20.3 Å². The maximum absolute atomic E-state index is 13.9. The molecule has 192 valence electrons. The Morgan fingerprint density at radius 1 is 1.05 bits per heavy atom. The molecule has 1 unspecified atom stereocenters. The first-order valence-electron chi connectivity index (χ1n) is 11.4. The van der Waals surface area contributed by atoms with E-state index in [1.807, 2.05) is 0 Å². The number of aryl methyl sites for hydroxylation is 2. The van der Waals surface area contributed by atoms with Gasteiger partial charge in [-0.1, -0.05) is 12.1 Å². The van der Waals surface area contributed by atoms with Crippen LogP contribution in [-0.4, -0.2) is 36.1 Å². The van der Waals surface area contributed by atoms with E-state index in [4.69, 9.17) is 24.7 Å². The van der Waals surface area contributed by atoms with Gasteiger partial charge in [0.1, 0.15) is 17.4 Å². The largest absolute Gasteiger partial charge is 0.504 e. The minimum Gasteiger partial charge on any atom is -0.504 e. The van der Waals surface area contributed by atoms with E-state index in [2.05, 4.69) is 6.07 Å². The second-order valence-electron chi connectivity index (χ2n) is 8.44. The van der Waals surface area contributed by atoms with E-state index < -0.39 is 5.92 Å². The molecule has 37 heavy (non-hydrogen) atoms. The third kappa shape index (κ3) is 4.36. The lowest BCUT2D eigenvalue weighted by molar-refractivity contribution is 0.321. The van der Waals surface area contributed by atoms with E-state index in [1.165, 1.54) is 33.5 Å². The summed E-state index contributed by atoms with van der Waals surface area (Å²) in [7, 11) is 4.42. The van der Waals surface area contributed by atoms with E-state index in [-0.39, 0.29) is 46.4 Å². The molecule has 4 N–H and O–H groups in total. The van der Waals surface area contributed by atoms with Crippen molar-refractivity contribution in [1.82, 2.24) is 4.57 Å². The summed E-state index contributed by atoms with van der Waals surface area (Å²) in [5.74, 6) is -0.169. The number of rotatable bonds is 7. The molecule has 0 aliphatic carbocycles. The maximum Gasteiger partial charge on any atom is 0.258 e. The number of pyridine rings is 1. The molecule has 0 spiro atoms. The first kappa shape index (κ1) is 25.3. The Balaban J connectivity index is 1.89. The number of aromatic nitrogens is 1. The lowest BCUT2D eigenvalue weighted by atomic mass is 9.83. The molecule has 0 saturated carbocycles. The molecular weight excluding hydrogens is 478 g/mol. The Morgan fingerprint density at radius 3 is 2.41 bits per heavy atom. The molecule has 0 saturated heterocycles. The van der Waals surface area contributed by atoms with Crippen molar-refractivity contribution >= 4 is 0 Å². The van der Waals surface area contributed by atoms with Crippen molar-refractivity contribution in [3.63, 3.8) is 0 Å². The van der Waals surface area contributed by atoms with Crippen molar-refractivity contribution in [2.75, 3.05) is 21.3 Å². The summed E-state index contributed by atoms with van der Waals surface area (Å²) in [6, 6.07) is 11.7. The van der Waals surface area contributed by atoms with Crippen LogP contribution in [0.15, 0.2) is 52.6 Å². The molecule has 0 fully saturated rings. The Bertz CT molecular complexity index is 1500. The van der Waals surface area contributed by atoms with Gasteiger partial charge < -0.3 is 39.5 Å². The van der Waals surface area contributed by atoms with Crippen LogP contribution in [0.4, 0.5) is 0 Å². The van der Waals surface area contributed by atoms with Crippen LogP contribution in [0.3, 0.4) is 0 Å². The van der Waals surface area contributed by atoms with Gasteiger partial charge in [-0.05, 0) is 37.1 Å². The van der Waals surface area contributed by atoms with Crippen LogP contribution in [0.5, 0.6) is 34.5 Å². The number of methoxy groups -OCH3 is 3. The highest BCUT2D eigenvalue weighted by molar-refractivity contribution is 5.64. The fraction of sp³-hybridized carbons (Fsp3) is 0.259. The number of phenolic OH excluding ortho intramolecular Hbond substituents is 2. The quantitative estimate of drug-likeness (QED) is 0.412. The first-order valence-corrected chi connectivity index (χ1v) is 11.4. The maximum atomic E-state index is 13.9. The highest BCUT2D eigenvalue weighted by Crippen LogP contribution is 2.49. The number of benzene rings is 2. The first-order chi connectivity index (χ1) is 17.7. The number of allylic oxidation sites excluding steroid dienone is 1. The highest BCUT2D eigenvalue weighted by atomic mass is 16.5. The number of phenols is 2. The van der Waals surface area contributed by atoms with Gasteiger partial charge in [0, 0.05) is 23.9 Å². The number of nitriles is 1. The van der Waals surface area contributed by atoms with Gasteiger partial charge in [-0.15, -0.1) is 0 Å². The minimum absolute atomic E-state index is 0.0639. The van der Waals surface area contributed by atoms with Crippen LogP contribution >= 0.6 is 0 Å². The molecule has 0 radical (unpaired) electrons. The summed E-state index contributed by atoms with van der Waals surface area (Å²) >= 11 is 0. The van der Waals surface area contributed by atoms with Crippen LogP contribution in [0.1, 0.15) is 28.3 Å². The normalized spacial score (nSPS) is 14.4. The van der Waals surface area contributed by atoms with Crippen molar-refractivity contribution in [1.29, 1.82) is 5.26 Å². The van der Waals surface area contributed by atoms with Gasteiger partial charge in [-0.25, -0.2) is 0 Å². The molecule has 2 aromatic carbocycles. The van der Waals surface area contributed by atoms with Crippen LogP contribution in [0, 0.1) is 18.3 Å². The van der Waals surface area contributed by atoms with Crippen LogP contribution in [-0.2, 0) is 13.0 Å². The standard InChI is InChI=1S/C27H27N3O7/c1-14-11-21-23(27(33)30(14)10-9-15-5-7-18(31)19(32)12-15)22(17(13-28)26(29)37-21)16-6-8-20(34-2)25(36-4)24(16)35-3/h5-8,11-12,22,31-32H,9-10,29H2,1-4H3. The van der Waals surface area contributed by atoms with E-state index in [0.717, 1.165) is 5.56 Å². The number of nitrogens with zero attached hydrogens (tertiary/aromatic N) is 2. The summed E-state index contributed by atoms with van der Waals surface area (Å²) in [6.45, 7) is 2.05. The summed E-state index contributed by atoms with van der Waals surface area (Å²) < 4.78 is 23.9. The second kappa shape index (κ2) is 10.1. The molecule has 4 rings (SSSR count). The Kier molecular flexibility index (Phi) is 6.89. The zero-order chi connectivity index (χ0) is 26.9. The summed E-state index contributed by atoms with van der Waals surface area (Å²) in [5, 5.41) is 29.4. The fourth-order valence-corrected chi connectivity index (χ4v) is 4.59.